The van der Waals surface area contributed by atoms with E-state index in [1.165, 1.54) is 11.1 Å². The summed E-state index contributed by atoms with van der Waals surface area (Å²) < 4.78 is 10.5. The lowest BCUT2D eigenvalue weighted by Crippen LogP contribution is -2.48. The van der Waals surface area contributed by atoms with E-state index in [2.05, 4.69) is 52.3 Å². The molecular weight excluding hydrogens is 471 g/mol. The van der Waals surface area contributed by atoms with Gasteiger partial charge in [-0.05, 0) is 29.7 Å². The van der Waals surface area contributed by atoms with E-state index in [0.717, 1.165) is 44.2 Å². The van der Waals surface area contributed by atoms with Gasteiger partial charge in [-0.15, -0.1) is 24.8 Å². The van der Waals surface area contributed by atoms with Crippen molar-refractivity contribution in [1.82, 2.24) is 9.80 Å². The molecule has 8 heteroatoms. The average molecular weight is 504 g/mol. The number of nitrogens with zero attached hydrogens (tertiary/aromatic N) is 2. The van der Waals surface area contributed by atoms with Crippen LogP contribution in [-0.4, -0.2) is 68.3 Å². The van der Waals surface area contributed by atoms with Crippen molar-refractivity contribution in [3.8, 4) is 0 Å². The summed E-state index contributed by atoms with van der Waals surface area (Å²) in [5.41, 5.74) is 2.55. The molecule has 5 nitrogen and oxygen atoms in total. The lowest BCUT2D eigenvalue weighted by molar-refractivity contribution is -0.149. The molecule has 0 radical (unpaired) electrons. The third kappa shape index (κ3) is 8.89. The standard InChI is InChI=1S/C24H31ClN2O3.2ClH/c1-2-17-30-23(28)19-29-18-16-26-12-14-27(15-13-26)24(20-6-4-3-5-7-20)21-8-10-22(25)11-9-21;;/h3-11,24H,2,12-19H2,1H3;2*1H/t24-;;/m1../s1. The Hall–Kier alpha value is -1.34. The second kappa shape index (κ2) is 15.5. The van der Waals surface area contributed by atoms with Crippen molar-refractivity contribution in [1.29, 1.82) is 0 Å². The fraction of sp³-hybridized carbons (Fsp3) is 0.458. The molecule has 1 aliphatic rings. The van der Waals surface area contributed by atoms with Crippen LogP contribution in [0.5, 0.6) is 0 Å². The van der Waals surface area contributed by atoms with Crippen molar-refractivity contribution in [3.05, 3.63) is 70.7 Å². The van der Waals surface area contributed by atoms with Crippen LogP contribution in [-0.2, 0) is 14.3 Å². The highest BCUT2D eigenvalue weighted by Gasteiger charge is 2.26. The summed E-state index contributed by atoms with van der Waals surface area (Å²) in [5.74, 6) is -0.282. The van der Waals surface area contributed by atoms with Gasteiger partial charge in [0.25, 0.3) is 0 Å². The smallest absolute Gasteiger partial charge is 0.332 e. The number of esters is 1. The highest BCUT2D eigenvalue weighted by atomic mass is 35.5. The largest absolute Gasteiger partial charge is 0.464 e. The lowest BCUT2D eigenvalue weighted by Gasteiger charge is -2.39. The minimum Gasteiger partial charge on any atom is -0.464 e. The van der Waals surface area contributed by atoms with Gasteiger partial charge in [0.1, 0.15) is 6.61 Å². The minimum atomic E-state index is -0.282. The summed E-state index contributed by atoms with van der Waals surface area (Å²) in [6.45, 7) is 7.73. The molecule has 0 bridgehead atoms. The summed E-state index contributed by atoms with van der Waals surface area (Å²) in [6.07, 6.45) is 0.829. The number of benzene rings is 2. The first-order valence-electron chi connectivity index (χ1n) is 10.7. The maximum atomic E-state index is 11.5. The molecule has 1 heterocycles. The number of ether oxygens (including phenoxy) is 2. The predicted octanol–water partition coefficient (Wildman–Crippen LogP) is 4.86. The van der Waals surface area contributed by atoms with E-state index in [9.17, 15) is 4.79 Å². The molecular formula is C24H33Cl3N2O3. The van der Waals surface area contributed by atoms with E-state index in [1.807, 2.05) is 19.1 Å². The zero-order valence-corrected chi connectivity index (χ0v) is 20.8. The fourth-order valence-electron chi connectivity index (χ4n) is 3.75. The third-order valence-electron chi connectivity index (χ3n) is 5.31. The van der Waals surface area contributed by atoms with E-state index in [-0.39, 0.29) is 43.4 Å². The predicted molar refractivity (Wildman–Crippen MR) is 134 cm³/mol. The molecule has 1 atom stereocenters. The second-order valence-corrected chi connectivity index (χ2v) is 7.95. The molecule has 0 spiro atoms. The van der Waals surface area contributed by atoms with Crippen molar-refractivity contribution in [2.24, 2.45) is 0 Å². The highest BCUT2D eigenvalue weighted by Crippen LogP contribution is 2.30. The highest BCUT2D eigenvalue weighted by molar-refractivity contribution is 6.30. The maximum absolute atomic E-state index is 11.5. The average Bonchev–Trinajstić information content (AvgIpc) is 2.78. The molecule has 0 aromatic heterocycles. The Morgan fingerprint density at radius 1 is 0.938 bits per heavy atom. The Labute approximate surface area is 208 Å². The number of carbonyl (C=O) groups excluding carboxylic acids is 1. The van der Waals surface area contributed by atoms with Gasteiger partial charge in [-0.3, -0.25) is 9.80 Å². The summed E-state index contributed by atoms with van der Waals surface area (Å²) in [6, 6.07) is 19.0. The van der Waals surface area contributed by atoms with Crippen molar-refractivity contribution in [3.63, 3.8) is 0 Å². The second-order valence-electron chi connectivity index (χ2n) is 7.52. The van der Waals surface area contributed by atoms with Crippen LogP contribution in [0.4, 0.5) is 0 Å². The van der Waals surface area contributed by atoms with E-state index in [0.29, 0.717) is 13.2 Å². The van der Waals surface area contributed by atoms with Gasteiger partial charge in [0.05, 0.1) is 19.3 Å². The number of piperazine rings is 1. The summed E-state index contributed by atoms with van der Waals surface area (Å²) >= 11 is 6.11. The normalized spacial score (nSPS) is 15.3. The van der Waals surface area contributed by atoms with Crippen LogP contribution in [0.1, 0.15) is 30.5 Å². The molecule has 2 aromatic carbocycles. The van der Waals surface area contributed by atoms with Crippen molar-refractivity contribution >= 4 is 42.4 Å². The molecule has 0 N–H and O–H groups in total. The first kappa shape index (κ1) is 28.7. The van der Waals surface area contributed by atoms with Gasteiger partial charge >= 0.3 is 5.97 Å². The Kier molecular flexibility index (Phi) is 13.9. The zero-order valence-electron chi connectivity index (χ0n) is 18.5. The molecule has 1 saturated heterocycles. The van der Waals surface area contributed by atoms with Gasteiger partial charge in [0.2, 0.25) is 0 Å². The lowest BCUT2D eigenvalue weighted by atomic mass is 9.96. The molecule has 0 amide bonds. The fourth-order valence-corrected chi connectivity index (χ4v) is 3.87. The van der Waals surface area contributed by atoms with Gasteiger partial charge in [-0.1, -0.05) is 61.0 Å². The summed E-state index contributed by atoms with van der Waals surface area (Å²) in [7, 11) is 0. The Morgan fingerprint density at radius 3 is 2.19 bits per heavy atom. The summed E-state index contributed by atoms with van der Waals surface area (Å²) in [4.78, 5) is 16.4. The number of rotatable bonds is 10. The van der Waals surface area contributed by atoms with Crippen LogP contribution < -0.4 is 0 Å². The molecule has 1 fully saturated rings. The van der Waals surface area contributed by atoms with E-state index < -0.39 is 0 Å². The van der Waals surface area contributed by atoms with E-state index in [4.69, 9.17) is 21.1 Å². The Balaban J connectivity index is 0.00000256. The number of hydrogen-bond acceptors (Lipinski definition) is 5. The van der Waals surface area contributed by atoms with Gasteiger partial charge in [0, 0.05) is 37.7 Å². The number of halogens is 3. The molecule has 2 aromatic rings. The Morgan fingerprint density at radius 2 is 1.56 bits per heavy atom. The molecule has 178 valence electrons. The van der Waals surface area contributed by atoms with Gasteiger partial charge < -0.3 is 9.47 Å². The minimum absolute atomic E-state index is 0. The van der Waals surface area contributed by atoms with Crippen LogP contribution in [0.15, 0.2) is 54.6 Å². The van der Waals surface area contributed by atoms with Crippen LogP contribution in [0.2, 0.25) is 5.02 Å². The SMILES string of the molecule is CCCOC(=O)COCCN1CCN([C@H](c2ccccc2)c2ccc(Cl)cc2)CC1.Cl.Cl. The quantitative estimate of drug-likeness (QED) is 0.342. The van der Waals surface area contributed by atoms with Crippen molar-refractivity contribution < 1.29 is 14.3 Å². The van der Waals surface area contributed by atoms with Crippen molar-refractivity contribution in [2.45, 2.75) is 19.4 Å². The third-order valence-corrected chi connectivity index (χ3v) is 5.56. The van der Waals surface area contributed by atoms with Crippen LogP contribution in [0, 0.1) is 0 Å². The molecule has 32 heavy (non-hydrogen) atoms. The number of hydrogen-bond donors (Lipinski definition) is 0. The maximum Gasteiger partial charge on any atom is 0.332 e. The first-order valence-corrected chi connectivity index (χ1v) is 11.1. The van der Waals surface area contributed by atoms with Gasteiger partial charge in [-0.2, -0.15) is 0 Å². The molecule has 3 rings (SSSR count). The zero-order chi connectivity index (χ0) is 21.2. The van der Waals surface area contributed by atoms with Crippen LogP contribution in [0.25, 0.3) is 0 Å². The van der Waals surface area contributed by atoms with Crippen LogP contribution >= 0.6 is 36.4 Å². The van der Waals surface area contributed by atoms with Gasteiger partial charge in [0.15, 0.2) is 0 Å². The topological polar surface area (TPSA) is 42.0 Å². The monoisotopic (exact) mass is 502 g/mol. The summed E-state index contributed by atoms with van der Waals surface area (Å²) in [5, 5.41) is 0.758. The Bertz CT molecular complexity index is 770. The van der Waals surface area contributed by atoms with Crippen LogP contribution in [0.3, 0.4) is 0 Å². The van der Waals surface area contributed by atoms with Gasteiger partial charge in [-0.25, -0.2) is 4.79 Å². The van der Waals surface area contributed by atoms with E-state index >= 15 is 0 Å². The van der Waals surface area contributed by atoms with E-state index in [1.54, 1.807) is 0 Å². The first-order chi connectivity index (χ1) is 14.7. The van der Waals surface area contributed by atoms with Crippen molar-refractivity contribution in [2.75, 3.05) is 52.5 Å². The molecule has 0 saturated carbocycles. The molecule has 0 aliphatic carbocycles. The molecule has 1 aliphatic heterocycles. The molecule has 0 unspecified atom stereocenters. The number of carbonyl (C=O) groups is 1.